The molecule has 102 valence electrons. The molecule has 0 atom stereocenters. The van der Waals surface area contributed by atoms with Crippen molar-refractivity contribution in [2.24, 2.45) is 5.41 Å². The first-order chi connectivity index (χ1) is 9.17. The molecule has 2 rings (SSSR count). The lowest BCUT2D eigenvalue weighted by Gasteiger charge is -2.37. The second-order valence-electron chi connectivity index (χ2n) is 6.42. The minimum absolute atomic E-state index is 0.582. The SMILES string of the molecule is CCCC[C@]1(C)CC[C@H](c2ccc(C#N)cc2)CC1. The maximum atomic E-state index is 8.84. The standard InChI is InChI=1S/C18H25N/c1-3-4-11-18(2)12-9-17(10-13-18)16-7-5-15(14-19)6-8-16/h5-8,17H,3-4,9-13H2,1-2H3/t17-,18+. The predicted molar refractivity (Wildman–Crippen MR) is 80.0 cm³/mol. The van der Waals surface area contributed by atoms with Crippen LogP contribution >= 0.6 is 0 Å². The van der Waals surface area contributed by atoms with Gasteiger partial charge in [0.25, 0.3) is 0 Å². The molecule has 0 saturated heterocycles. The third-order valence-corrected chi connectivity index (χ3v) is 4.84. The molecule has 0 unspecified atom stereocenters. The lowest BCUT2D eigenvalue weighted by molar-refractivity contribution is 0.179. The van der Waals surface area contributed by atoms with E-state index in [1.54, 1.807) is 0 Å². The molecule has 1 fully saturated rings. The van der Waals surface area contributed by atoms with E-state index in [-0.39, 0.29) is 0 Å². The van der Waals surface area contributed by atoms with Crippen LogP contribution in [0.2, 0.25) is 0 Å². The fraction of sp³-hybridized carbons (Fsp3) is 0.611. The summed E-state index contributed by atoms with van der Waals surface area (Å²) in [5.74, 6) is 0.711. The largest absolute Gasteiger partial charge is 0.192 e. The highest BCUT2D eigenvalue weighted by molar-refractivity contribution is 5.33. The number of hydrogen-bond acceptors (Lipinski definition) is 1. The maximum Gasteiger partial charge on any atom is 0.0991 e. The Morgan fingerprint density at radius 3 is 2.37 bits per heavy atom. The summed E-state index contributed by atoms with van der Waals surface area (Å²) < 4.78 is 0. The third-order valence-electron chi connectivity index (χ3n) is 4.84. The van der Waals surface area contributed by atoms with E-state index in [1.807, 2.05) is 12.1 Å². The van der Waals surface area contributed by atoms with Gasteiger partial charge in [0.15, 0.2) is 0 Å². The molecule has 1 nitrogen and oxygen atoms in total. The van der Waals surface area contributed by atoms with Crippen molar-refractivity contribution in [3.63, 3.8) is 0 Å². The van der Waals surface area contributed by atoms with Crippen LogP contribution in [0.1, 0.15) is 75.8 Å². The third kappa shape index (κ3) is 3.60. The lowest BCUT2D eigenvalue weighted by Crippen LogP contribution is -2.23. The monoisotopic (exact) mass is 255 g/mol. The van der Waals surface area contributed by atoms with Crippen molar-refractivity contribution in [3.05, 3.63) is 35.4 Å². The summed E-state index contributed by atoms with van der Waals surface area (Å²) in [4.78, 5) is 0. The van der Waals surface area contributed by atoms with Crippen molar-refractivity contribution in [3.8, 4) is 6.07 Å². The molecule has 0 bridgehead atoms. The van der Waals surface area contributed by atoms with Crippen molar-refractivity contribution >= 4 is 0 Å². The zero-order chi connectivity index (χ0) is 13.7. The summed E-state index contributed by atoms with van der Waals surface area (Å²) in [6, 6.07) is 10.4. The molecule has 1 aliphatic carbocycles. The highest BCUT2D eigenvalue weighted by atomic mass is 14.4. The highest BCUT2D eigenvalue weighted by Crippen LogP contribution is 2.45. The van der Waals surface area contributed by atoms with Crippen molar-refractivity contribution < 1.29 is 0 Å². The van der Waals surface area contributed by atoms with Gasteiger partial charge in [-0.05, 0) is 61.1 Å². The van der Waals surface area contributed by atoms with Crippen LogP contribution in [-0.4, -0.2) is 0 Å². The van der Waals surface area contributed by atoms with E-state index < -0.39 is 0 Å². The van der Waals surface area contributed by atoms with Gasteiger partial charge in [-0.25, -0.2) is 0 Å². The molecule has 1 aromatic carbocycles. The van der Waals surface area contributed by atoms with Crippen LogP contribution in [0.3, 0.4) is 0 Å². The van der Waals surface area contributed by atoms with Gasteiger partial charge in [0.1, 0.15) is 0 Å². The van der Waals surface area contributed by atoms with Crippen LogP contribution in [0, 0.1) is 16.7 Å². The Bertz CT molecular complexity index is 430. The van der Waals surface area contributed by atoms with E-state index in [0.717, 1.165) is 5.56 Å². The fourth-order valence-electron chi connectivity index (χ4n) is 3.33. The van der Waals surface area contributed by atoms with E-state index in [0.29, 0.717) is 11.3 Å². The molecular weight excluding hydrogens is 230 g/mol. The van der Waals surface area contributed by atoms with Gasteiger partial charge in [-0.1, -0.05) is 38.8 Å². The maximum absolute atomic E-state index is 8.84. The van der Waals surface area contributed by atoms with Crippen molar-refractivity contribution in [1.82, 2.24) is 0 Å². The lowest BCUT2D eigenvalue weighted by atomic mass is 9.68. The van der Waals surface area contributed by atoms with E-state index in [1.165, 1.54) is 50.5 Å². The van der Waals surface area contributed by atoms with E-state index >= 15 is 0 Å². The summed E-state index contributed by atoms with van der Waals surface area (Å²) >= 11 is 0. The molecule has 19 heavy (non-hydrogen) atoms. The molecule has 0 heterocycles. The molecule has 1 heteroatoms. The average molecular weight is 255 g/mol. The predicted octanol–water partition coefficient (Wildman–Crippen LogP) is 5.41. The number of nitriles is 1. The van der Waals surface area contributed by atoms with Gasteiger partial charge in [-0.3, -0.25) is 0 Å². The first-order valence-corrected chi connectivity index (χ1v) is 7.67. The van der Waals surface area contributed by atoms with Gasteiger partial charge >= 0.3 is 0 Å². The van der Waals surface area contributed by atoms with Crippen LogP contribution < -0.4 is 0 Å². The van der Waals surface area contributed by atoms with Crippen LogP contribution in [0.4, 0.5) is 0 Å². The quantitative estimate of drug-likeness (QED) is 0.705. The molecule has 0 aliphatic heterocycles. The molecule has 0 spiro atoms. The van der Waals surface area contributed by atoms with Gasteiger partial charge < -0.3 is 0 Å². The molecule has 0 amide bonds. The van der Waals surface area contributed by atoms with Crippen LogP contribution in [0.15, 0.2) is 24.3 Å². The molecule has 0 radical (unpaired) electrons. The zero-order valence-corrected chi connectivity index (χ0v) is 12.3. The van der Waals surface area contributed by atoms with E-state index in [9.17, 15) is 0 Å². The first-order valence-electron chi connectivity index (χ1n) is 7.67. The second-order valence-corrected chi connectivity index (χ2v) is 6.42. The fourth-order valence-corrected chi connectivity index (χ4v) is 3.33. The molecular formula is C18H25N. The number of benzene rings is 1. The minimum Gasteiger partial charge on any atom is -0.192 e. The first kappa shape index (κ1) is 14.1. The Labute approximate surface area is 117 Å². The minimum atomic E-state index is 0.582. The normalized spacial score (nSPS) is 26.9. The smallest absolute Gasteiger partial charge is 0.0991 e. The topological polar surface area (TPSA) is 23.8 Å². The molecule has 1 aliphatic rings. The molecule has 0 N–H and O–H groups in total. The van der Waals surface area contributed by atoms with Crippen LogP contribution in [0.5, 0.6) is 0 Å². The summed E-state index contributed by atoms with van der Waals surface area (Å²) in [6.45, 7) is 4.75. The highest BCUT2D eigenvalue weighted by Gasteiger charge is 2.30. The Kier molecular flexibility index (Phi) is 4.64. The van der Waals surface area contributed by atoms with Crippen LogP contribution in [0.25, 0.3) is 0 Å². The number of unbranched alkanes of at least 4 members (excludes halogenated alkanes) is 1. The average Bonchev–Trinajstić information content (AvgIpc) is 2.46. The Balaban J connectivity index is 1.93. The number of hydrogen-bond donors (Lipinski definition) is 0. The molecule has 1 saturated carbocycles. The Morgan fingerprint density at radius 1 is 1.21 bits per heavy atom. The second kappa shape index (κ2) is 6.24. The summed E-state index contributed by atoms with van der Waals surface area (Å²) in [5.41, 5.74) is 2.78. The van der Waals surface area contributed by atoms with Crippen molar-refractivity contribution in [2.45, 2.75) is 64.7 Å². The Morgan fingerprint density at radius 2 is 1.84 bits per heavy atom. The summed E-state index contributed by atoms with van der Waals surface area (Å²) in [7, 11) is 0. The van der Waals surface area contributed by atoms with Gasteiger partial charge in [0, 0.05) is 0 Å². The molecule has 0 aromatic heterocycles. The molecule has 1 aromatic rings. The summed E-state index contributed by atoms with van der Waals surface area (Å²) in [5, 5.41) is 8.84. The van der Waals surface area contributed by atoms with Gasteiger partial charge in [0.2, 0.25) is 0 Å². The van der Waals surface area contributed by atoms with Crippen molar-refractivity contribution in [2.75, 3.05) is 0 Å². The van der Waals surface area contributed by atoms with Gasteiger partial charge in [0.05, 0.1) is 11.6 Å². The zero-order valence-electron chi connectivity index (χ0n) is 12.3. The van der Waals surface area contributed by atoms with E-state index in [2.05, 4.69) is 32.0 Å². The number of nitrogens with zero attached hydrogens (tertiary/aromatic N) is 1. The summed E-state index contributed by atoms with van der Waals surface area (Å²) in [6.07, 6.45) is 9.42. The number of rotatable bonds is 4. The van der Waals surface area contributed by atoms with Crippen LogP contribution in [-0.2, 0) is 0 Å². The Hall–Kier alpha value is -1.29. The van der Waals surface area contributed by atoms with E-state index in [4.69, 9.17) is 5.26 Å². The van der Waals surface area contributed by atoms with Crippen molar-refractivity contribution in [1.29, 1.82) is 5.26 Å². The van der Waals surface area contributed by atoms with Gasteiger partial charge in [-0.15, -0.1) is 0 Å². The van der Waals surface area contributed by atoms with Gasteiger partial charge in [-0.2, -0.15) is 5.26 Å².